The molecule has 0 amide bonds. The molecule has 0 aliphatic rings. The number of benzene rings is 1. The van der Waals surface area contributed by atoms with Crippen LogP contribution in [0.4, 0.5) is 5.88 Å². The molecule has 0 aliphatic carbocycles. The van der Waals surface area contributed by atoms with Crippen molar-refractivity contribution in [2.24, 2.45) is 0 Å². The molecule has 0 saturated carbocycles. The Labute approximate surface area is 107 Å². The van der Waals surface area contributed by atoms with E-state index in [4.69, 9.17) is 15.0 Å². The number of nitrogen functional groups attached to an aromatic ring is 1. The van der Waals surface area contributed by atoms with Crippen LogP contribution in [0.1, 0.15) is 19.4 Å². The van der Waals surface area contributed by atoms with Crippen LogP contribution in [0.3, 0.4) is 0 Å². The third-order valence-electron chi connectivity index (χ3n) is 2.97. The zero-order chi connectivity index (χ0) is 13.2. The Kier molecular flexibility index (Phi) is 3.39. The fraction of sp³-hybridized carbons (Fsp3) is 0.357. The average molecular weight is 246 g/mol. The minimum atomic E-state index is -0.0416. The minimum Gasteiger partial charge on any atom is -0.384 e. The molecule has 0 aliphatic heterocycles. The molecule has 1 heterocycles. The molecule has 0 fully saturated rings. The van der Waals surface area contributed by atoms with Crippen molar-refractivity contribution in [2.45, 2.75) is 19.3 Å². The molecule has 2 rings (SSSR count). The normalized spacial score (nSPS) is 11.7. The fourth-order valence-electron chi connectivity index (χ4n) is 1.97. The maximum Gasteiger partial charge on any atom is 0.222 e. The first kappa shape index (κ1) is 12.6. The van der Waals surface area contributed by atoms with Crippen molar-refractivity contribution < 1.29 is 9.26 Å². The van der Waals surface area contributed by atoms with E-state index in [1.54, 1.807) is 13.2 Å². The first-order chi connectivity index (χ1) is 8.53. The Morgan fingerprint density at radius 3 is 2.72 bits per heavy atom. The molecule has 4 heteroatoms. The monoisotopic (exact) mass is 246 g/mol. The van der Waals surface area contributed by atoms with E-state index in [2.05, 4.69) is 31.1 Å². The summed E-state index contributed by atoms with van der Waals surface area (Å²) in [4.78, 5) is 0. The van der Waals surface area contributed by atoms with Crippen molar-refractivity contribution in [3.63, 3.8) is 0 Å². The Bertz CT molecular complexity index is 532. The molecule has 1 aromatic carbocycles. The van der Waals surface area contributed by atoms with E-state index >= 15 is 0 Å². The fourth-order valence-corrected chi connectivity index (χ4v) is 1.97. The van der Waals surface area contributed by atoms with Crippen molar-refractivity contribution in [1.82, 2.24) is 5.16 Å². The summed E-state index contributed by atoms with van der Waals surface area (Å²) in [5, 5.41) is 3.92. The molecular formula is C14H18N2O2. The third-order valence-corrected chi connectivity index (χ3v) is 2.97. The molecule has 96 valence electrons. The first-order valence-corrected chi connectivity index (χ1v) is 5.85. The van der Waals surface area contributed by atoms with E-state index in [9.17, 15) is 0 Å². The zero-order valence-corrected chi connectivity index (χ0v) is 10.9. The van der Waals surface area contributed by atoms with Gasteiger partial charge in [-0.15, -0.1) is 0 Å². The Hall–Kier alpha value is -1.81. The number of methoxy groups -OCH3 is 1. The highest BCUT2D eigenvalue weighted by Crippen LogP contribution is 2.28. The lowest BCUT2D eigenvalue weighted by Gasteiger charge is -2.24. The van der Waals surface area contributed by atoms with Gasteiger partial charge in [-0.1, -0.05) is 37.2 Å². The number of rotatable bonds is 4. The zero-order valence-electron chi connectivity index (χ0n) is 10.9. The topological polar surface area (TPSA) is 61.3 Å². The number of hydrogen-bond acceptors (Lipinski definition) is 4. The van der Waals surface area contributed by atoms with Gasteiger partial charge in [-0.3, -0.25) is 0 Å². The second-order valence-corrected chi connectivity index (χ2v) is 5.01. The largest absolute Gasteiger partial charge is 0.384 e. The quantitative estimate of drug-likeness (QED) is 0.901. The number of aromatic nitrogens is 1. The molecule has 4 nitrogen and oxygen atoms in total. The number of ether oxygens (including phenoxy) is 1. The van der Waals surface area contributed by atoms with E-state index < -0.39 is 0 Å². The van der Waals surface area contributed by atoms with E-state index in [1.807, 2.05) is 12.1 Å². The second kappa shape index (κ2) is 4.82. The van der Waals surface area contributed by atoms with Crippen LogP contribution < -0.4 is 5.73 Å². The predicted octanol–water partition coefficient (Wildman–Crippen LogP) is 2.85. The van der Waals surface area contributed by atoms with Crippen LogP contribution in [0.2, 0.25) is 0 Å². The summed E-state index contributed by atoms with van der Waals surface area (Å²) in [5.41, 5.74) is 8.44. The van der Waals surface area contributed by atoms with Gasteiger partial charge in [0.2, 0.25) is 5.88 Å². The standard InChI is InChI=1S/C14H18N2O2/c1-14(2,9-17-3)11-6-4-5-10(7-11)12-8-13(15)18-16-12/h4-8H,9,15H2,1-3H3. The van der Waals surface area contributed by atoms with E-state index in [1.165, 1.54) is 5.56 Å². The van der Waals surface area contributed by atoms with Crippen LogP contribution in [0.15, 0.2) is 34.9 Å². The van der Waals surface area contributed by atoms with Crippen molar-refractivity contribution in [3.05, 3.63) is 35.9 Å². The van der Waals surface area contributed by atoms with Gasteiger partial charge in [0, 0.05) is 24.2 Å². The van der Waals surface area contributed by atoms with E-state index in [0.29, 0.717) is 12.5 Å². The van der Waals surface area contributed by atoms with Crippen LogP contribution in [0, 0.1) is 0 Å². The summed E-state index contributed by atoms with van der Waals surface area (Å²) in [6, 6.07) is 9.90. The maximum absolute atomic E-state index is 5.54. The molecule has 1 aromatic heterocycles. The van der Waals surface area contributed by atoms with Crippen LogP contribution in [0.5, 0.6) is 0 Å². The van der Waals surface area contributed by atoms with Crippen molar-refractivity contribution in [2.75, 3.05) is 19.5 Å². The van der Waals surface area contributed by atoms with Crippen LogP contribution in [0.25, 0.3) is 11.3 Å². The van der Waals surface area contributed by atoms with Gasteiger partial charge in [0.1, 0.15) is 5.69 Å². The highest BCUT2D eigenvalue weighted by atomic mass is 16.5. The third kappa shape index (κ3) is 2.54. The molecule has 2 aromatic rings. The predicted molar refractivity (Wildman–Crippen MR) is 71.3 cm³/mol. The summed E-state index contributed by atoms with van der Waals surface area (Å²) in [6.07, 6.45) is 0. The van der Waals surface area contributed by atoms with Crippen LogP contribution >= 0.6 is 0 Å². The van der Waals surface area contributed by atoms with Gasteiger partial charge in [0.25, 0.3) is 0 Å². The van der Waals surface area contributed by atoms with Gasteiger partial charge in [0.05, 0.1) is 6.61 Å². The Morgan fingerprint density at radius 1 is 1.33 bits per heavy atom. The van der Waals surface area contributed by atoms with Gasteiger partial charge < -0.3 is 15.0 Å². The van der Waals surface area contributed by atoms with E-state index in [-0.39, 0.29) is 5.41 Å². The lowest BCUT2D eigenvalue weighted by atomic mass is 9.84. The van der Waals surface area contributed by atoms with E-state index in [0.717, 1.165) is 11.3 Å². The molecule has 0 bridgehead atoms. The second-order valence-electron chi connectivity index (χ2n) is 5.01. The van der Waals surface area contributed by atoms with Gasteiger partial charge in [-0.25, -0.2) is 0 Å². The summed E-state index contributed by atoms with van der Waals surface area (Å²) in [6.45, 7) is 4.96. The average Bonchev–Trinajstić information content (AvgIpc) is 2.76. The number of nitrogens with zero attached hydrogens (tertiary/aromatic N) is 1. The molecule has 0 spiro atoms. The van der Waals surface area contributed by atoms with Gasteiger partial charge in [0.15, 0.2) is 0 Å². The molecular weight excluding hydrogens is 228 g/mol. The smallest absolute Gasteiger partial charge is 0.222 e. The molecule has 0 unspecified atom stereocenters. The lowest BCUT2D eigenvalue weighted by Crippen LogP contribution is -2.23. The molecule has 0 atom stereocenters. The minimum absolute atomic E-state index is 0.0416. The van der Waals surface area contributed by atoms with Crippen LogP contribution in [-0.2, 0) is 10.2 Å². The summed E-state index contributed by atoms with van der Waals surface area (Å²) in [7, 11) is 1.71. The molecule has 18 heavy (non-hydrogen) atoms. The Morgan fingerprint density at radius 2 is 2.11 bits per heavy atom. The van der Waals surface area contributed by atoms with Gasteiger partial charge >= 0.3 is 0 Å². The van der Waals surface area contributed by atoms with Crippen molar-refractivity contribution in [3.8, 4) is 11.3 Å². The summed E-state index contributed by atoms with van der Waals surface area (Å²) in [5.74, 6) is 0.326. The highest BCUT2D eigenvalue weighted by molar-refractivity contribution is 5.62. The van der Waals surface area contributed by atoms with Crippen molar-refractivity contribution in [1.29, 1.82) is 0 Å². The van der Waals surface area contributed by atoms with Crippen LogP contribution in [-0.4, -0.2) is 18.9 Å². The maximum atomic E-state index is 5.54. The molecule has 2 N–H and O–H groups in total. The SMILES string of the molecule is COCC(C)(C)c1cccc(-c2cc(N)on2)c1. The van der Waals surface area contributed by atoms with Crippen molar-refractivity contribution >= 4 is 5.88 Å². The number of nitrogens with two attached hydrogens (primary N) is 1. The Balaban J connectivity index is 2.36. The number of anilines is 1. The first-order valence-electron chi connectivity index (χ1n) is 5.85. The summed E-state index contributed by atoms with van der Waals surface area (Å²) < 4.78 is 10.2. The summed E-state index contributed by atoms with van der Waals surface area (Å²) >= 11 is 0. The number of hydrogen-bond donors (Lipinski definition) is 1. The van der Waals surface area contributed by atoms with Gasteiger partial charge in [-0.2, -0.15) is 0 Å². The molecule has 0 saturated heterocycles. The highest BCUT2D eigenvalue weighted by Gasteiger charge is 2.21. The van der Waals surface area contributed by atoms with Gasteiger partial charge in [-0.05, 0) is 11.6 Å². The lowest BCUT2D eigenvalue weighted by molar-refractivity contribution is 0.146. The molecule has 0 radical (unpaired) electrons.